The maximum absolute atomic E-state index is 12.3. The number of ether oxygens (including phenoxy) is 1. The minimum Gasteiger partial charge on any atom is -0.434 e. The molecule has 0 bridgehead atoms. The first-order valence-corrected chi connectivity index (χ1v) is 6.59. The van der Waals surface area contributed by atoms with Crippen LogP contribution in [0.3, 0.4) is 0 Å². The predicted octanol–water partition coefficient (Wildman–Crippen LogP) is 1.76. The lowest BCUT2D eigenvalue weighted by Crippen LogP contribution is -2.34. The molecule has 1 amide bonds. The van der Waals surface area contributed by atoms with Crippen LogP contribution in [0.5, 0.6) is 5.75 Å². The molecule has 2 atom stereocenters. The number of carbonyl (C=O) groups excluding carboxylic acids is 1. The van der Waals surface area contributed by atoms with Crippen molar-refractivity contribution in [2.45, 2.75) is 20.1 Å². The molecular weight excluding hydrogens is 266 g/mol. The highest BCUT2D eigenvalue weighted by molar-refractivity contribution is 5.79. The van der Waals surface area contributed by atoms with Gasteiger partial charge in [-0.25, -0.2) is 0 Å². The summed E-state index contributed by atoms with van der Waals surface area (Å²) in [6.45, 7) is 0.805. The second kappa shape index (κ2) is 6.65. The second-order valence-corrected chi connectivity index (χ2v) is 4.95. The number of amides is 1. The quantitative estimate of drug-likeness (QED) is 0.866. The first kappa shape index (κ1) is 14.7. The van der Waals surface area contributed by atoms with Gasteiger partial charge in [0.05, 0.1) is 5.92 Å². The molecule has 1 fully saturated rings. The van der Waals surface area contributed by atoms with Gasteiger partial charge in [-0.05, 0) is 18.5 Å². The van der Waals surface area contributed by atoms with Crippen LogP contribution in [0.15, 0.2) is 24.3 Å². The summed E-state index contributed by atoms with van der Waals surface area (Å²) in [6.07, 6.45) is 0. The Morgan fingerprint density at radius 1 is 1.45 bits per heavy atom. The van der Waals surface area contributed by atoms with Crippen LogP contribution in [0.25, 0.3) is 0 Å². The lowest BCUT2D eigenvalue weighted by Gasteiger charge is -2.15. The summed E-state index contributed by atoms with van der Waals surface area (Å²) >= 11 is 0. The van der Waals surface area contributed by atoms with Crippen LogP contribution in [-0.2, 0) is 11.3 Å². The van der Waals surface area contributed by atoms with Gasteiger partial charge in [0.25, 0.3) is 0 Å². The fourth-order valence-electron chi connectivity index (χ4n) is 2.34. The minimum atomic E-state index is -2.87. The highest BCUT2D eigenvalue weighted by Crippen LogP contribution is 2.21. The van der Waals surface area contributed by atoms with E-state index in [1.165, 1.54) is 6.07 Å². The molecule has 1 aromatic carbocycles. The van der Waals surface area contributed by atoms with E-state index in [0.29, 0.717) is 12.1 Å². The molecular formula is C14H18F2N2O2. The standard InChI is InChI=1S/C14H18F2N2O2/c1-9-6-17-8-11(9)13(19)18-7-10-4-2-3-5-12(10)20-14(15)16/h2-5,9,11,14,17H,6-8H2,1H3,(H,18,19)/t9-,11-/m1/s1. The molecule has 110 valence electrons. The van der Waals surface area contributed by atoms with Crippen molar-refractivity contribution in [2.24, 2.45) is 11.8 Å². The van der Waals surface area contributed by atoms with Crippen molar-refractivity contribution < 1.29 is 18.3 Å². The van der Waals surface area contributed by atoms with Gasteiger partial charge in [0, 0.05) is 18.7 Å². The Balaban J connectivity index is 1.95. The van der Waals surface area contributed by atoms with Gasteiger partial charge < -0.3 is 15.4 Å². The van der Waals surface area contributed by atoms with Gasteiger partial charge in [-0.2, -0.15) is 8.78 Å². The van der Waals surface area contributed by atoms with Crippen LogP contribution < -0.4 is 15.4 Å². The highest BCUT2D eigenvalue weighted by atomic mass is 19.3. The van der Waals surface area contributed by atoms with Crippen molar-refractivity contribution in [3.63, 3.8) is 0 Å². The van der Waals surface area contributed by atoms with Crippen molar-refractivity contribution in [2.75, 3.05) is 13.1 Å². The number of hydrogen-bond acceptors (Lipinski definition) is 3. The largest absolute Gasteiger partial charge is 0.434 e. The highest BCUT2D eigenvalue weighted by Gasteiger charge is 2.29. The molecule has 0 radical (unpaired) electrons. The van der Waals surface area contributed by atoms with Crippen molar-refractivity contribution in [3.05, 3.63) is 29.8 Å². The fourth-order valence-corrected chi connectivity index (χ4v) is 2.34. The number of hydrogen-bond donors (Lipinski definition) is 2. The Bertz CT molecular complexity index is 468. The number of para-hydroxylation sites is 1. The molecule has 1 aliphatic rings. The summed E-state index contributed by atoms with van der Waals surface area (Å²) in [6, 6.07) is 6.47. The third-order valence-electron chi connectivity index (χ3n) is 3.50. The number of carbonyl (C=O) groups is 1. The van der Waals surface area contributed by atoms with Gasteiger partial charge in [0.15, 0.2) is 0 Å². The van der Waals surface area contributed by atoms with E-state index < -0.39 is 6.61 Å². The summed E-state index contributed by atoms with van der Waals surface area (Å²) in [5.41, 5.74) is 0.541. The maximum Gasteiger partial charge on any atom is 0.387 e. The molecule has 4 nitrogen and oxygen atoms in total. The van der Waals surface area contributed by atoms with E-state index in [1.807, 2.05) is 6.92 Å². The van der Waals surface area contributed by atoms with Crippen LogP contribution in [0, 0.1) is 11.8 Å². The first-order valence-electron chi connectivity index (χ1n) is 6.59. The van der Waals surface area contributed by atoms with Gasteiger partial charge in [-0.1, -0.05) is 25.1 Å². The van der Waals surface area contributed by atoms with E-state index in [0.717, 1.165) is 6.54 Å². The average Bonchev–Trinajstić information content (AvgIpc) is 2.83. The summed E-state index contributed by atoms with van der Waals surface area (Å²) in [7, 11) is 0. The summed E-state index contributed by atoms with van der Waals surface area (Å²) < 4.78 is 29.0. The van der Waals surface area contributed by atoms with Crippen LogP contribution in [0.2, 0.25) is 0 Å². The molecule has 1 aliphatic heterocycles. The molecule has 0 aliphatic carbocycles. The van der Waals surface area contributed by atoms with Gasteiger partial charge in [-0.15, -0.1) is 0 Å². The Morgan fingerprint density at radius 2 is 2.20 bits per heavy atom. The second-order valence-electron chi connectivity index (χ2n) is 4.95. The molecule has 0 saturated carbocycles. The first-order chi connectivity index (χ1) is 9.58. The predicted molar refractivity (Wildman–Crippen MR) is 70.4 cm³/mol. The molecule has 0 unspecified atom stereocenters. The fraction of sp³-hybridized carbons (Fsp3) is 0.500. The zero-order chi connectivity index (χ0) is 14.5. The molecule has 0 spiro atoms. The summed E-state index contributed by atoms with van der Waals surface area (Å²) in [4.78, 5) is 12.0. The normalized spacial score (nSPS) is 22.0. The summed E-state index contributed by atoms with van der Waals surface area (Å²) in [5.74, 6) is 0.246. The van der Waals surface area contributed by atoms with E-state index in [9.17, 15) is 13.6 Å². The van der Waals surface area contributed by atoms with Gasteiger partial charge in [0.1, 0.15) is 5.75 Å². The minimum absolute atomic E-state index is 0.0608. The van der Waals surface area contributed by atoms with Crippen molar-refractivity contribution in [1.29, 1.82) is 0 Å². The Labute approximate surface area is 116 Å². The van der Waals surface area contributed by atoms with E-state index in [4.69, 9.17) is 0 Å². The Kier molecular flexibility index (Phi) is 4.89. The number of alkyl halides is 2. The smallest absolute Gasteiger partial charge is 0.387 e. The monoisotopic (exact) mass is 284 g/mol. The average molecular weight is 284 g/mol. The maximum atomic E-state index is 12.3. The van der Waals surface area contributed by atoms with Crippen molar-refractivity contribution in [3.8, 4) is 5.75 Å². The molecule has 2 N–H and O–H groups in total. The Morgan fingerprint density at radius 3 is 2.85 bits per heavy atom. The molecule has 1 aromatic rings. The van der Waals surface area contributed by atoms with Crippen LogP contribution >= 0.6 is 0 Å². The lowest BCUT2D eigenvalue weighted by atomic mass is 9.97. The molecule has 0 aromatic heterocycles. The van der Waals surface area contributed by atoms with Crippen LogP contribution in [-0.4, -0.2) is 25.6 Å². The third kappa shape index (κ3) is 3.66. The number of benzene rings is 1. The van der Waals surface area contributed by atoms with Gasteiger partial charge in [-0.3, -0.25) is 4.79 Å². The van der Waals surface area contributed by atoms with E-state index in [-0.39, 0.29) is 30.0 Å². The zero-order valence-electron chi connectivity index (χ0n) is 11.2. The van der Waals surface area contributed by atoms with Gasteiger partial charge >= 0.3 is 6.61 Å². The third-order valence-corrected chi connectivity index (χ3v) is 3.50. The van der Waals surface area contributed by atoms with Crippen LogP contribution in [0.4, 0.5) is 8.78 Å². The van der Waals surface area contributed by atoms with Crippen molar-refractivity contribution in [1.82, 2.24) is 10.6 Å². The van der Waals surface area contributed by atoms with Gasteiger partial charge in [0.2, 0.25) is 5.91 Å². The molecule has 1 saturated heterocycles. The number of rotatable bonds is 5. The van der Waals surface area contributed by atoms with E-state index >= 15 is 0 Å². The molecule has 20 heavy (non-hydrogen) atoms. The molecule has 1 heterocycles. The van der Waals surface area contributed by atoms with Crippen molar-refractivity contribution >= 4 is 5.91 Å². The topological polar surface area (TPSA) is 50.4 Å². The van der Waals surface area contributed by atoms with Crippen LogP contribution in [0.1, 0.15) is 12.5 Å². The zero-order valence-corrected chi connectivity index (χ0v) is 11.2. The number of halogens is 2. The van der Waals surface area contributed by atoms with E-state index in [1.54, 1.807) is 18.2 Å². The molecule has 6 heteroatoms. The molecule has 2 rings (SSSR count). The summed E-state index contributed by atoms with van der Waals surface area (Å²) in [5, 5.41) is 5.94. The SMILES string of the molecule is C[C@@H]1CNC[C@H]1C(=O)NCc1ccccc1OC(F)F. The Hall–Kier alpha value is -1.69. The van der Waals surface area contributed by atoms with E-state index in [2.05, 4.69) is 15.4 Å². The lowest BCUT2D eigenvalue weighted by molar-refractivity contribution is -0.125. The number of nitrogens with one attached hydrogen (secondary N) is 2.